The van der Waals surface area contributed by atoms with Crippen molar-refractivity contribution in [2.45, 2.75) is 51.3 Å². The third kappa shape index (κ3) is 3.82. The molecule has 0 bridgehead atoms. The highest BCUT2D eigenvalue weighted by atomic mass is 19.1. The predicted molar refractivity (Wildman–Crippen MR) is 122 cm³/mol. The number of fused-ring (bicyclic) bond motifs is 3. The fraction of sp³-hybridized carbons (Fsp3) is 0.455. The van der Waals surface area contributed by atoms with Gasteiger partial charge in [-0.25, -0.2) is 14.4 Å². The Bertz CT molecular complexity index is 1320. The van der Waals surface area contributed by atoms with Gasteiger partial charge in [-0.3, -0.25) is 4.68 Å². The van der Waals surface area contributed by atoms with Crippen LogP contribution in [-0.4, -0.2) is 60.3 Å². The number of anilines is 2. The van der Waals surface area contributed by atoms with Gasteiger partial charge in [0.05, 0.1) is 37.2 Å². The number of rotatable bonds is 5. The number of benzene rings is 1. The maximum atomic E-state index is 14.4. The molecule has 0 radical (unpaired) electrons. The zero-order valence-electron chi connectivity index (χ0n) is 18.8. The van der Waals surface area contributed by atoms with E-state index in [-0.39, 0.29) is 17.6 Å². The van der Waals surface area contributed by atoms with Crippen LogP contribution in [0.4, 0.5) is 16.0 Å². The SMILES string of the molecule is COc1cc2nc(N)n3nc(C4CCC(C)N(c5cnn(CC(C)O)c5)C4)nc3c2cc1F. The second-order valence-corrected chi connectivity index (χ2v) is 8.72. The van der Waals surface area contributed by atoms with Crippen molar-refractivity contribution in [3.8, 4) is 5.75 Å². The van der Waals surface area contributed by atoms with Gasteiger partial charge in [0.15, 0.2) is 23.0 Å². The molecule has 0 aliphatic carbocycles. The molecule has 3 N–H and O–H groups in total. The maximum absolute atomic E-state index is 14.4. The average Bonchev–Trinajstić information content (AvgIpc) is 3.42. The lowest BCUT2D eigenvalue weighted by molar-refractivity contribution is 0.168. The van der Waals surface area contributed by atoms with Crippen molar-refractivity contribution in [3.05, 3.63) is 36.2 Å². The Kier molecular flexibility index (Phi) is 5.28. The molecule has 1 aliphatic heterocycles. The standard InChI is InChI=1S/C22H27FN8O2/c1-12-4-5-14(10-30(12)15-8-25-29(11-15)9-13(2)32)20-27-21-16-6-17(23)19(33-3)7-18(16)26-22(24)31(21)28-20/h6-8,11-14,32H,4-5,9-10H2,1-3H3,(H2,24,26). The molecular weight excluding hydrogens is 427 g/mol. The number of methoxy groups -OCH3 is 1. The van der Waals surface area contributed by atoms with Gasteiger partial charge in [-0.2, -0.15) is 9.61 Å². The normalized spacial score (nSPS) is 20.0. The highest BCUT2D eigenvalue weighted by molar-refractivity contribution is 5.93. The largest absolute Gasteiger partial charge is 0.494 e. The van der Waals surface area contributed by atoms with E-state index in [0.717, 1.165) is 18.5 Å². The zero-order valence-corrected chi connectivity index (χ0v) is 18.8. The van der Waals surface area contributed by atoms with E-state index in [2.05, 4.69) is 27.0 Å². The third-order valence-electron chi connectivity index (χ3n) is 6.24. The van der Waals surface area contributed by atoms with Crippen LogP contribution in [0.15, 0.2) is 24.5 Å². The number of hydrogen-bond donors (Lipinski definition) is 2. The van der Waals surface area contributed by atoms with Gasteiger partial charge in [0.25, 0.3) is 0 Å². The maximum Gasteiger partial charge on any atom is 0.223 e. The molecule has 11 heteroatoms. The minimum absolute atomic E-state index is 0.0683. The first-order valence-corrected chi connectivity index (χ1v) is 11.0. The molecule has 3 aromatic heterocycles. The molecule has 4 heterocycles. The van der Waals surface area contributed by atoms with Crippen LogP contribution in [0.3, 0.4) is 0 Å². The minimum atomic E-state index is -0.491. The van der Waals surface area contributed by atoms with Gasteiger partial charge in [-0.15, -0.1) is 5.10 Å². The molecule has 4 aromatic rings. The van der Waals surface area contributed by atoms with Crippen LogP contribution in [0.2, 0.25) is 0 Å². The number of halogens is 1. The quantitative estimate of drug-likeness (QED) is 0.472. The molecule has 1 fully saturated rings. The predicted octanol–water partition coefficient (Wildman–Crippen LogP) is 2.36. The van der Waals surface area contributed by atoms with Crippen LogP contribution in [0, 0.1) is 5.82 Å². The van der Waals surface area contributed by atoms with E-state index >= 15 is 0 Å². The molecule has 0 spiro atoms. The van der Waals surface area contributed by atoms with Crippen LogP contribution in [0.25, 0.3) is 16.6 Å². The van der Waals surface area contributed by atoms with Crippen LogP contribution in [-0.2, 0) is 6.54 Å². The van der Waals surface area contributed by atoms with E-state index in [1.54, 1.807) is 11.6 Å². The van der Waals surface area contributed by atoms with Crippen molar-refractivity contribution >= 4 is 28.2 Å². The molecule has 3 atom stereocenters. The molecule has 1 aliphatic rings. The van der Waals surface area contributed by atoms with Crippen LogP contribution < -0.4 is 15.4 Å². The van der Waals surface area contributed by atoms with Gasteiger partial charge < -0.3 is 20.5 Å². The Morgan fingerprint density at radius 2 is 2.12 bits per heavy atom. The Balaban J connectivity index is 1.49. The Morgan fingerprint density at radius 1 is 1.30 bits per heavy atom. The number of ether oxygens (including phenoxy) is 1. The molecule has 0 amide bonds. The van der Waals surface area contributed by atoms with E-state index < -0.39 is 11.9 Å². The summed E-state index contributed by atoms with van der Waals surface area (Å²) in [5.74, 6) is 0.519. The van der Waals surface area contributed by atoms with Crippen molar-refractivity contribution in [2.24, 2.45) is 0 Å². The molecule has 1 aromatic carbocycles. The van der Waals surface area contributed by atoms with E-state index in [9.17, 15) is 9.50 Å². The van der Waals surface area contributed by atoms with Crippen molar-refractivity contribution in [1.82, 2.24) is 29.4 Å². The second-order valence-electron chi connectivity index (χ2n) is 8.72. The second kappa shape index (κ2) is 8.14. The topological polar surface area (TPSA) is 120 Å². The molecule has 5 rings (SSSR count). The smallest absolute Gasteiger partial charge is 0.223 e. The Hall–Kier alpha value is -3.47. The highest BCUT2D eigenvalue weighted by Gasteiger charge is 2.30. The van der Waals surface area contributed by atoms with Gasteiger partial charge >= 0.3 is 0 Å². The molecule has 1 saturated heterocycles. The van der Waals surface area contributed by atoms with E-state index in [0.29, 0.717) is 41.5 Å². The summed E-state index contributed by atoms with van der Waals surface area (Å²) in [5, 5.41) is 19.2. The van der Waals surface area contributed by atoms with Gasteiger partial charge in [-0.1, -0.05) is 0 Å². The summed E-state index contributed by atoms with van der Waals surface area (Å²) in [6.45, 7) is 5.08. The summed E-state index contributed by atoms with van der Waals surface area (Å²) in [5.41, 5.74) is 8.13. The minimum Gasteiger partial charge on any atom is -0.494 e. The van der Waals surface area contributed by atoms with Gasteiger partial charge in [-0.05, 0) is 32.8 Å². The van der Waals surface area contributed by atoms with Crippen molar-refractivity contribution in [2.75, 3.05) is 24.3 Å². The molecule has 0 saturated carbocycles. The molecule has 174 valence electrons. The first kappa shape index (κ1) is 21.4. The monoisotopic (exact) mass is 454 g/mol. The van der Waals surface area contributed by atoms with Crippen LogP contribution >= 0.6 is 0 Å². The number of piperidine rings is 1. The van der Waals surface area contributed by atoms with E-state index in [1.165, 1.54) is 23.8 Å². The number of aliphatic hydroxyl groups excluding tert-OH is 1. The fourth-order valence-corrected chi connectivity index (χ4v) is 4.53. The van der Waals surface area contributed by atoms with Gasteiger partial charge in [0.1, 0.15) is 0 Å². The number of nitrogens with zero attached hydrogens (tertiary/aromatic N) is 7. The Morgan fingerprint density at radius 3 is 2.88 bits per heavy atom. The first-order valence-electron chi connectivity index (χ1n) is 11.0. The highest BCUT2D eigenvalue weighted by Crippen LogP contribution is 2.33. The van der Waals surface area contributed by atoms with E-state index in [4.69, 9.17) is 15.5 Å². The summed E-state index contributed by atoms with van der Waals surface area (Å²) in [6, 6.07) is 3.21. The van der Waals surface area contributed by atoms with E-state index in [1.807, 2.05) is 12.4 Å². The summed E-state index contributed by atoms with van der Waals surface area (Å²) < 4.78 is 22.7. The average molecular weight is 455 g/mol. The number of aliphatic hydroxyl groups is 1. The lowest BCUT2D eigenvalue weighted by Gasteiger charge is -2.37. The summed E-state index contributed by atoms with van der Waals surface area (Å²) in [6.07, 6.45) is 5.19. The van der Waals surface area contributed by atoms with Crippen molar-refractivity contribution in [1.29, 1.82) is 0 Å². The molecule has 3 unspecified atom stereocenters. The zero-order chi connectivity index (χ0) is 23.3. The lowest BCUT2D eigenvalue weighted by Crippen LogP contribution is -2.41. The summed E-state index contributed by atoms with van der Waals surface area (Å²) in [4.78, 5) is 11.4. The molecule has 33 heavy (non-hydrogen) atoms. The number of nitrogen functional groups attached to an aromatic ring is 1. The van der Waals surface area contributed by atoms with Crippen molar-refractivity contribution < 1.29 is 14.2 Å². The fourth-order valence-electron chi connectivity index (χ4n) is 4.53. The van der Waals surface area contributed by atoms with Gasteiger partial charge in [0.2, 0.25) is 5.95 Å². The van der Waals surface area contributed by atoms with Crippen LogP contribution in [0.5, 0.6) is 5.75 Å². The van der Waals surface area contributed by atoms with Gasteiger partial charge in [0, 0.05) is 36.2 Å². The lowest BCUT2D eigenvalue weighted by atomic mass is 9.92. The Labute approximate surface area is 189 Å². The third-order valence-corrected chi connectivity index (χ3v) is 6.24. The molecule has 10 nitrogen and oxygen atoms in total. The molecular formula is C22H27FN8O2. The first-order chi connectivity index (χ1) is 15.8. The van der Waals surface area contributed by atoms with Crippen LogP contribution in [0.1, 0.15) is 38.4 Å². The number of nitrogens with two attached hydrogens (primary N) is 1. The summed E-state index contributed by atoms with van der Waals surface area (Å²) >= 11 is 0. The number of aromatic nitrogens is 6. The van der Waals surface area contributed by atoms with Crippen molar-refractivity contribution in [3.63, 3.8) is 0 Å². The summed E-state index contributed by atoms with van der Waals surface area (Å²) in [7, 11) is 1.41. The number of hydrogen-bond acceptors (Lipinski definition) is 8.